The van der Waals surface area contributed by atoms with Crippen LogP contribution in [-0.4, -0.2) is 17.5 Å². The van der Waals surface area contributed by atoms with Crippen LogP contribution in [-0.2, 0) is 4.79 Å². The Morgan fingerprint density at radius 3 is 2.18 bits per heavy atom. The van der Waals surface area contributed by atoms with E-state index in [9.17, 15) is 9.59 Å². The SMILES string of the molecule is CC(C)(NC(=O)Nc1ccc(N)cc1)C(N)=O. The molecule has 3 amide bonds. The fourth-order valence-corrected chi connectivity index (χ4v) is 1.07. The zero-order valence-corrected chi connectivity index (χ0v) is 9.78. The van der Waals surface area contributed by atoms with E-state index in [0.717, 1.165) is 0 Å². The van der Waals surface area contributed by atoms with Gasteiger partial charge in [0.2, 0.25) is 5.91 Å². The molecular weight excluding hydrogens is 220 g/mol. The van der Waals surface area contributed by atoms with Gasteiger partial charge in [-0.15, -0.1) is 0 Å². The van der Waals surface area contributed by atoms with Crippen molar-refractivity contribution in [1.29, 1.82) is 0 Å². The van der Waals surface area contributed by atoms with E-state index in [1.165, 1.54) is 13.8 Å². The van der Waals surface area contributed by atoms with Gasteiger partial charge in [-0.05, 0) is 38.1 Å². The lowest BCUT2D eigenvalue weighted by atomic mass is 10.1. The molecule has 0 fully saturated rings. The van der Waals surface area contributed by atoms with Crippen LogP contribution in [0.25, 0.3) is 0 Å². The molecule has 0 atom stereocenters. The molecule has 0 radical (unpaired) electrons. The van der Waals surface area contributed by atoms with Crippen molar-refractivity contribution < 1.29 is 9.59 Å². The van der Waals surface area contributed by atoms with Gasteiger partial charge < -0.3 is 22.1 Å². The summed E-state index contributed by atoms with van der Waals surface area (Å²) in [5.74, 6) is -0.607. The van der Waals surface area contributed by atoms with Gasteiger partial charge in [-0.25, -0.2) is 4.79 Å². The van der Waals surface area contributed by atoms with Crippen LogP contribution in [0.1, 0.15) is 13.8 Å². The normalized spacial score (nSPS) is 10.7. The first kappa shape index (κ1) is 12.8. The minimum atomic E-state index is -1.10. The molecule has 0 aliphatic heterocycles. The molecule has 1 aromatic rings. The number of rotatable bonds is 3. The Kier molecular flexibility index (Phi) is 3.57. The van der Waals surface area contributed by atoms with E-state index in [1.807, 2.05) is 0 Å². The Labute approximate surface area is 99.4 Å². The van der Waals surface area contributed by atoms with Crippen LogP contribution >= 0.6 is 0 Å². The number of nitrogens with two attached hydrogens (primary N) is 2. The zero-order chi connectivity index (χ0) is 13.1. The minimum absolute atomic E-state index is 0.501. The standard InChI is InChI=1S/C11H16N4O2/c1-11(2,9(13)16)15-10(17)14-8-5-3-7(12)4-6-8/h3-6H,12H2,1-2H3,(H2,13,16)(H2,14,15,17). The van der Waals surface area contributed by atoms with Crippen molar-refractivity contribution in [1.82, 2.24) is 5.32 Å². The van der Waals surface area contributed by atoms with Gasteiger partial charge in [-0.1, -0.05) is 0 Å². The maximum Gasteiger partial charge on any atom is 0.320 e. The summed E-state index contributed by atoms with van der Waals surface area (Å²) in [4.78, 5) is 22.6. The van der Waals surface area contributed by atoms with E-state index >= 15 is 0 Å². The first-order valence-corrected chi connectivity index (χ1v) is 5.06. The summed E-state index contributed by atoms with van der Waals surface area (Å²) >= 11 is 0. The van der Waals surface area contributed by atoms with Crippen molar-refractivity contribution in [2.45, 2.75) is 19.4 Å². The fourth-order valence-electron chi connectivity index (χ4n) is 1.07. The quantitative estimate of drug-likeness (QED) is 0.578. The van der Waals surface area contributed by atoms with Crippen molar-refractivity contribution in [3.05, 3.63) is 24.3 Å². The highest BCUT2D eigenvalue weighted by molar-refractivity contribution is 5.95. The van der Waals surface area contributed by atoms with Crippen LogP contribution < -0.4 is 22.1 Å². The van der Waals surface area contributed by atoms with Gasteiger partial charge in [0.25, 0.3) is 0 Å². The molecule has 0 aliphatic carbocycles. The summed E-state index contributed by atoms with van der Waals surface area (Å²) in [6.07, 6.45) is 0. The zero-order valence-electron chi connectivity index (χ0n) is 9.78. The molecule has 0 heterocycles. The predicted molar refractivity (Wildman–Crippen MR) is 66.3 cm³/mol. The number of hydrogen-bond acceptors (Lipinski definition) is 3. The number of amides is 3. The third-order valence-corrected chi connectivity index (χ3v) is 2.21. The van der Waals surface area contributed by atoms with E-state index in [4.69, 9.17) is 11.5 Å². The predicted octanol–water partition coefficient (Wildman–Crippen LogP) is 0.654. The monoisotopic (exact) mass is 236 g/mol. The lowest BCUT2D eigenvalue weighted by Crippen LogP contribution is -2.54. The highest BCUT2D eigenvalue weighted by Gasteiger charge is 2.26. The molecule has 17 heavy (non-hydrogen) atoms. The number of urea groups is 1. The smallest absolute Gasteiger partial charge is 0.320 e. The number of nitrogen functional groups attached to an aromatic ring is 1. The number of anilines is 2. The topological polar surface area (TPSA) is 110 Å². The summed E-state index contributed by atoms with van der Waals surface area (Å²) in [6.45, 7) is 3.05. The molecule has 0 saturated carbocycles. The van der Waals surface area contributed by atoms with Crippen molar-refractivity contribution in [2.24, 2.45) is 5.73 Å². The van der Waals surface area contributed by atoms with Crippen LogP contribution in [0.5, 0.6) is 0 Å². The molecule has 1 rings (SSSR count). The summed E-state index contributed by atoms with van der Waals surface area (Å²) < 4.78 is 0. The Hall–Kier alpha value is -2.24. The van der Waals surface area contributed by atoms with Crippen molar-refractivity contribution >= 4 is 23.3 Å². The minimum Gasteiger partial charge on any atom is -0.399 e. The van der Waals surface area contributed by atoms with Gasteiger partial charge in [0, 0.05) is 11.4 Å². The Morgan fingerprint density at radius 2 is 1.71 bits per heavy atom. The maximum atomic E-state index is 11.6. The van der Waals surface area contributed by atoms with Gasteiger partial charge in [0.15, 0.2) is 0 Å². The molecule has 6 nitrogen and oxygen atoms in total. The van der Waals surface area contributed by atoms with Gasteiger partial charge in [0.05, 0.1) is 0 Å². The number of hydrogen-bond donors (Lipinski definition) is 4. The fraction of sp³-hybridized carbons (Fsp3) is 0.273. The molecule has 0 aromatic heterocycles. The summed E-state index contributed by atoms with van der Waals surface area (Å²) in [6, 6.07) is 6.14. The molecule has 6 N–H and O–H groups in total. The number of nitrogens with one attached hydrogen (secondary N) is 2. The van der Waals surface area contributed by atoms with Crippen LogP contribution in [0.4, 0.5) is 16.2 Å². The summed E-state index contributed by atoms with van der Waals surface area (Å²) in [5.41, 5.74) is 10.7. The molecule has 0 bridgehead atoms. The van der Waals surface area contributed by atoms with Crippen LogP contribution in [0.3, 0.4) is 0 Å². The molecule has 0 saturated heterocycles. The van der Waals surface area contributed by atoms with Gasteiger partial charge in [0.1, 0.15) is 5.54 Å². The molecule has 0 unspecified atom stereocenters. The Bertz CT molecular complexity index is 426. The highest BCUT2D eigenvalue weighted by Crippen LogP contribution is 2.10. The lowest BCUT2D eigenvalue weighted by molar-refractivity contribution is -0.122. The van der Waals surface area contributed by atoms with Crippen LogP contribution in [0.15, 0.2) is 24.3 Å². The first-order valence-electron chi connectivity index (χ1n) is 5.06. The van der Waals surface area contributed by atoms with E-state index < -0.39 is 17.5 Å². The van der Waals surface area contributed by atoms with Crippen molar-refractivity contribution in [3.8, 4) is 0 Å². The first-order chi connectivity index (χ1) is 7.81. The second kappa shape index (κ2) is 4.73. The molecule has 92 valence electrons. The molecule has 6 heteroatoms. The second-order valence-corrected chi connectivity index (χ2v) is 4.19. The van der Waals surface area contributed by atoms with Crippen molar-refractivity contribution in [2.75, 3.05) is 11.1 Å². The van der Waals surface area contributed by atoms with Gasteiger partial charge >= 0.3 is 6.03 Å². The third-order valence-electron chi connectivity index (χ3n) is 2.21. The average Bonchev–Trinajstić information content (AvgIpc) is 2.20. The largest absolute Gasteiger partial charge is 0.399 e. The molecular formula is C11H16N4O2. The second-order valence-electron chi connectivity index (χ2n) is 4.19. The van der Waals surface area contributed by atoms with Crippen molar-refractivity contribution in [3.63, 3.8) is 0 Å². The van der Waals surface area contributed by atoms with E-state index in [0.29, 0.717) is 11.4 Å². The third kappa shape index (κ3) is 3.67. The number of carbonyl (C=O) groups excluding carboxylic acids is 2. The Morgan fingerprint density at radius 1 is 1.18 bits per heavy atom. The number of primary amides is 1. The maximum absolute atomic E-state index is 11.6. The summed E-state index contributed by atoms with van der Waals surface area (Å²) in [5, 5.41) is 5.03. The Balaban J connectivity index is 2.62. The lowest BCUT2D eigenvalue weighted by Gasteiger charge is -2.22. The number of carbonyl (C=O) groups is 2. The van der Waals surface area contributed by atoms with E-state index in [-0.39, 0.29) is 0 Å². The molecule has 0 aliphatic rings. The van der Waals surface area contributed by atoms with E-state index in [2.05, 4.69) is 10.6 Å². The van der Waals surface area contributed by atoms with Gasteiger partial charge in [-0.2, -0.15) is 0 Å². The average molecular weight is 236 g/mol. The van der Waals surface area contributed by atoms with Crippen LogP contribution in [0.2, 0.25) is 0 Å². The molecule has 0 spiro atoms. The highest BCUT2D eigenvalue weighted by atomic mass is 16.2. The number of benzene rings is 1. The summed E-state index contributed by atoms with van der Waals surface area (Å²) in [7, 11) is 0. The van der Waals surface area contributed by atoms with Gasteiger partial charge in [-0.3, -0.25) is 4.79 Å². The van der Waals surface area contributed by atoms with Crippen LogP contribution in [0, 0.1) is 0 Å². The van der Waals surface area contributed by atoms with E-state index in [1.54, 1.807) is 24.3 Å². The molecule has 1 aromatic carbocycles.